The van der Waals surface area contributed by atoms with Crippen molar-refractivity contribution in [2.75, 3.05) is 28.3 Å². The molecule has 0 saturated heterocycles. The van der Waals surface area contributed by atoms with E-state index in [0.717, 1.165) is 23.4 Å². The quantitative estimate of drug-likeness (QED) is 0.772. The summed E-state index contributed by atoms with van der Waals surface area (Å²) < 4.78 is 30.9. The summed E-state index contributed by atoms with van der Waals surface area (Å²) in [6.45, 7) is 1.41. The summed E-state index contributed by atoms with van der Waals surface area (Å²) >= 11 is 0. The third-order valence-corrected chi connectivity index (χ3v) is 5.53. The van der Waals surface area contributed by atoms with Crippen molar-refractivity contribution in [3.05, 3.63) is 59.7 Å². The Bertz CT molecular complexity index is 788. The van der Waals surface area contributed by atoms with Gasteiger partial charge in [-0.05, 0) is 42.4 Å². The number of methoxy groups -OCH3 is 1. The van der Waals surface area contributed by atoms with Gasteiger partial charge in [-0.1, -0.05) is 24.3 Å². The predicted molar refractivity (Wildman–Crippen MR) is 95.5 cm³/mol. The third kappa shape index (κ3) is 4.56. The van der Waals surface area contributed by atoms with Crippen molar-refractivity contribution in [2.45, 2.75) is 18.0 Å². The van der Waals surface area contributed by atoms with Crippen molar-refractivity contribution in [1.82, 2.24) is 9.21 Å². The Hall–Kier alpha value is -1.89. The molecule has 2 aromatic rings. The van der Waals surface area contributed by atoms with Gasteiger partial charge in [0.15, 0.2) is 0 Å². The van der Waals surface area contributed by atoms with E-state index in [1.54, 1.807) is 25.3 Å². The molecule has 0 unspecified atom stereocenters. The van der Waals surface area contributed by atoms with Crippen molar-refractivity contribution in [1.29, 1.82) is 0 Å². The summed E-state index contributed by atoms with van der Waals surface area (Å²) in [6.07, 6.45) is 0. The fourth-order valence-corrected chi connectivity index (χ4v) is 3.44. The van der Waals surface area contributed by atoms with E-state index >= 15 is 0 Å². The van der Waals surface area contributed by atoms with Crippen molar-refractivity contribution in [2.24, 2.45) is 0 Å². The number of rotatable bonds is 7. The summed E-state index contributed by atoms with van der Waals surface area (Å²) in [6, 6.07) is 15.0. The topological polar surface area (TPSA) is 49.9 Å². The highest BCUT2D eigenvalue weighted by Gasteiger charge is 2.17. The molecule has 130 valence electrons. The van der Waals surface area contributed by atoms with Gasteiger partial charge in [0, 0.05) is 27.2 Å². The van der Waals surface area contributed by atoms with E-state index in [9.17, 15) is 8.42 Å². The second kappa shape index (κ2) is 7.79. The van der Waals surface area contributed by atoms with Crippen molar-refractivity contribution < 1.29 is 13.2 Å². The molecule has 24 heavy (non-hydrogen) atoms. The molecule has 6 heteroatoms. The Morgan fingerprint density at radius 1 is 0.917 bits per heavy atom. The average Bonchev–Trinajstić information content (AvgIpc) is 2.55. The summed E-state index contributed by atoms with van der Waals surface area (Å²) in [5.74, 6) is 0.833. The van der Waals surface area contributed by atoms with Crippen molar-refractivity contribution in [3.8, 4) is 5.75 Å². The van der Waals surface area contributed by atoms with Gasteiger partial charge in [-0.25, -0.2) is 12.7 Å². The van der Waals surface area contributed by atoms with Crippen LogP contribution in [0.25, 0.3) is 0 Å². The van der Waals surface area contributed by atoms with Crippen LogP contribution in [0.3, 0.4) is 0 Å². The van der Waals surface area contributed by atoms with E-state index in [1.165, 1.54) is 18.4 Å². The maximum atomic E-state index is 12.2. The van der Waals surface area contributed by atoms with Crippen LogP contribution in [-0.4, -0.2) is 45.9 Å². The maximum Gasteiger partial charge on any atom is 0.242 e. The molecule has 0 aliphatic carbocycles. The summed E-state index contributed by atoms with van der Waals surface area (Å²) in [4.78, 5) is 2.45. The molecule has 0 spiro atoms. The number of hydrogen-bond acceptors (Lipinski definition) is 4. The Kier molecular flexibility index (Phi) is 5.99. The summed E-state index contributed by atoms with van der Waals surface area (Å²) in [5.41, 5.74) is 2.11. The van der Waals surface area contributed by atoms with Gasteiger partial charge in [-0.3, -0.25) is 4.90 Å². The van der Waals surface area contributed by atoms with Crippen LogP contribution in [0.1, 0.15) is 11.1 Å². The SMILES string of the molecule is COc1cccc(CN(C)Cc2cccc(S(=O)(=O)N(C)C)c2)c1. The number of nitrogens with zero attached hydrogens (tertiary/aromatic N) is 2. The number of benzene rings is 2. The lowest BCUT2D eigenvalue weighted by Gasteiger charge is -2.18. The van der Waals surface area contributed by atoms with Gasteiger partial charge in [-0.2, -0.15) is 0 Å². The Labute approximate surface area is 144 Å². The fraction of sp³-hybridized carbons (Fsp3) is 0.333. The van der Waals surface area contributed by atoms with Gasteiger partial charge in [-0.15, -0.1) is 0 Å². The van der Waals surface area contributed by atoms with E-state index in [0.29, 0.717) is 11.4 Å². The zero-order valence-electron chi connectivity index (χ0n) is 14.6. The molecule has 2 rings (SSSR count). The Balaban J connectivity index is 2.10. The number of hydrogen-bond donors (Lipinski definition) is 0. The van der Waals surface area contributed by atoms with Crippen LogP contribution in [0, 0.1) is 0 Å². The minimum Gasteiger partial charge on any atom is -0.497 e. The van der Waals surface area contributed by atoms with Crippen LogP contribution >= 0.6 is 0 Å². The van der Waals surface area contributed by atoms with Crippen LogP contribution in [0.2, 0.25) is 0 Å². The molecule has 2 aromatic carbocycles. The van der Waals surface area contributed by atoms with Gasteiger partial charge in [0.05, 0.1) is 12.0 Å². The van der Waals surface area contributed by atoms with E-state index in [2.05, 4.69) is 4.90 Å². The predicted octanol–water partition coefficient (Wildman–Crippen LogP) is 2.58. The van der Waals surface area contributed by atoms with E-state index in [-0.39, 0.29) is 0 Å². The van der Waals surface area contributed by atoms with Gasteiger partial charge < -0.3 is 4.74 Å². The average molecular weight is 348 g/mol. The summed E-state index contributed by atoms with van der Waals surface area (Å²) in [5, 5.41) is 0. The van der Waals surface area contributed by atoms with Gasteiger partial charge in [0.1, 0.15) is 5.75 Å². The minimum absolute atomic E-state index is 0.319. The largest absolute Gasteiger partial charge is 0.497 e. The first-order valence-corrected chi connectivity index (χ1v) is 9.10. The maximum absolute atomic E-state index is 12.2. The zero-order valence-corrected chi connectivity index (χ0v) is 15.4. The van der Waals surface area contributed by atoms with Gasteiger partial charge >= 0.3 is 0 Å². The second-order valence-corrected chi connectivity index (χ2v) is 8.11. The Morgan fingerprint density at radius 3 is 2.08 bits per heavy atom. The molecule has 0 aliphatic rings. The highest BCUT2D eigenvalue weighted by Crippen LogP contribution is 2.18. The molecule has 0 aliphatic heterocycles. The fourth-order valence-electron chi connectivity index (χ4n) is 2.47. The third-order valence-electron chi connectivity index (χ3n) is 3.72. The monoisotopic (exact) mass is 348 g/mol. The van der Waals surface area contributed by atoms with E-state index in [4.69, 9.17) is 4.74 Å². The molecule has 0 aromatic heterocycles. The lowest BCUT2D eigenvalue weighted by atomic mass is 10.1. The first-order valence-electron chi connectivity index (χ1n) is 7.66. The molecule has 0 amide bonds. The van der Waals surface area contributed by atoms with Crippen LogP contribution in [0.5, 0.6) is 5.75 Å². The van der Waals surface area contributed by atoms with Crippen LogP contribution < -0.4 is 4.74 Å². The molecule has 0 radical (unpaired) electrons. The van der Waals surface area contributed by atoms with E-state index in [1.807, 2.05) is 37.4 Å². The molecular formula is C18H24N2O3S. The molecule has 5 nitrogen and oxygen atoms in total. The number of sulfonamides is 1. The molecule has 0 atom stereocenters. The molecule has 0 saturated carbocycles. The smallest absolute Gasteiger partial charge is 0.242 e. The highest BCUT2D eigenvalue weighted by atomic mass is 32.2. The lowest BCUT2D eigenvalue weighted by molar-refractivity contribution is 0.318. The molecule has 0 bridgehead atoms. The van der Waals surface area contributed by atoms with Crippen LogP contribution in [0.4, 0.5) is 0 Å². The second-order valence-electron chi connectivity index (χ2n) is 5.96. The van der Waals surface area contributed by atoms with Gasteiger partial charge in [0.2, 0.25) is 10.0 Å². The standard InChI is InChI=1S/C18H24N2O3S/c1-19(2)24(21,22)18-10-6-8-16(12-18)14-20(3)13-15-7-5-9-17(11-15)23-4/h5-12H,13-14H2,1-4H3. The van der Waals surface area contributed by atoms with E-state index < -0.39 is 10.0 Å². The number of ether oxygens (including phenoxy) is 1. The highest BCUT2D eigenvalue weighted by molar-refractivity contribution is 7.89. The Morgan fingerprint density at radius 2 is 1.50 bits per heavy atom. The van der Waals surface area contributed by atoms with Crippen LogP contribution in [0.15, 0.2) is 53.4 Å². The summed E-state index contributed by atoms with van der Waals surface area (Å²) in [7, 11) is 3.33. The van der Waals surface area contributed by atoms with Crippen molar-refractivity contribution >= 4 is 10.0 Å². The molecule has 0 N–H and O–H groups in total. The zero-order chi connectivity index (χ0) is 17.7. The molecular weight excluding hydrogens is 324 g/mol. The first-order chi connectivity index (χ1) is 11.3. The normalized spacial score (nSPS) is 11.9. The van der Waals surface area contributed by atoms with Crippen LogP contribution in [-0.2, 0) is 23.1 Å². The van der Waals surface area contributed by atoms with Crippen molar-refractivity contribution in [3.63, 3.8) is 0 Å². The molecule has 0 heterocycles. The van der Waals surface area contributed by atoms with Gasteiger partial charge in [0.25, 0.3) is 0 Å². The lowest BCUT2D eigenvalue weighted by Crippen LogP contribution is -2.22. The first kappa shape index (κ1) is 18.4. The minimum atomic E-state index is -3.40. The molecule has 0 fully saturated rings.